The van der Waals surface area contributed by atoms with E-state index >= 15 is 0 Å². The molecule has 0 fully saturated rings. The first-order valence-electron chi connectivity index (χ1n) is 5.73. The molecule has 1 unspecified atom stereocenters. The third kappa shape index (κ3) is 1.64. The number of rotatable bonds is 5. The molecule has 0 aromatic heterocycles. The van der Waals surface area contributed by atoms with Gasteiger partial charge in [-0.3, -0.25) is 4.79 Å². The minimum Gasteiger partial charge on any atom is -0.480 e. The van der Waals surface area contributed by atoms with Crippen LogP contribution in [0.1, 0.15) is 31.7 Å². The van der Waals surface area contributed by atoms with E-state index in [0.717, 1.165) is 30.4 Å². The largest absolute Gasteiger partial charge is 0.480 e. The fourth-order valence-corrected chi connectivity index (χ4v) is 2.15. The van der Waals surface area contributed by atoms with Crippen LogP contribution in [0.5, 0.6) is 0 Å². The molecule has 1 aromatic rings. The summed E-state index contributed by atoms with van der Waals surface area (Å²) < 4.78 is 0. The van der Waals surface area contributed by atoms with Crippen LogP contribution in [0.3, 0.4) is 0 Å². The number of carboxylic acids is 1. The second-order valence-electron chi connectivity index (χ2n) is 4.25. The minimum atomic E-state index is -0.781. The predicted molar refractivity (Wildman–Crippen MR) is 63.4 cm³/mol. The van der Waals surface area contributed by atoms with E-state index in [4.69, 9.17) is 0 Å². The summed E-state index contributed by atoms with van der Waals surface area (Å²) in [6.07, 6.45) is 4.95. The Balaban J connectivity index is 2.19. The lowest BCUT2D eigenvalue weighted by Gasteiger charge is -2.13. The average molecular weight is 216 g/mol. The molecule has 16 heavy (non-hydrogen) atoms. The van der Waals surface area contributed by atoms with Crippen molar-refractivity contribution in [2.24, 2.45) is 0 Å². The van der Waals surface area contributed by atoms with Crippen molar-refractivity contribution < 1.29 is 9.90 Å². The van der Waals surface area contributed by atoms with E-state index in [1.807, 2.05) is 36.4 Å². The molecule has 0 radical (unpaired) electrons. The van der Waals surface area contributed by atoms with Gasteiger partial charge in [0, 0.05) is 0 Å². The van der Waals surface area contributed by atoms with E-state index in [9.17, 15) is 9.90 Å². The quantitative estimate of drug-likeness (QED) is 0.768. The molecule has 1 aliphatic rings. The van der Waals surface area contributed by atoms with Gasteiger partial charge in [-0.05, 0) is 24.0 Å². The molecule has 2 rings (SSSR count). The highest BCUT2D eigenvalue weighted by Crippen LogP contribution is 2.49. The number of carboxylic acid groups (broad SMARTS) is 1. The highest BCUT2D eigenvalue weighted by atomic mass is 16.4. The van der Waals surface area contributed by atoms with Crippen LogP contribution in [0.25, 0.3) is 0 Å². The summed E-state index contributed by atoms with van der Waals surface area (Å²) in [4.78, 5) is 11.4. The van der Waals surface area contributed by atoms with Crippen molar-refractivity contribution in [2.45, 2.75) is 31.6 Å². The van der Waals surface area contributed by atoms with Gasteiger partial charge in [0.15, 0.2) is 0 Å². The van der Waals surface area contributed by atoms with Gasteiger partial charge < -0.3 is 5.11 Å². The van der Waals surface area contributed by atoms with E-state index in [2.05, 4.69) is 6.92 Å². The lowest BCUT2D eigenvalue weighted by molar-refractivity contribution is -0.139. The van der Waals surface area contributed by atoms with Gasteiger partial charge in [0.2, 0.25) is 0 Å². The van der Waals surface area contributed by atoms with Gasteiger partial charge in [0.05, 0.1) is 0 Å². The highest BCUT2D eigenvalue weighted by molar-refractivity contribution is 5.94. The van der Waals surface area contributed by atoms with E-state index in [0.29, 0.717) is 0 Å². The molecule has 2 nitrogen and oxygen atoms in total. The predicted octanol–water partition coefficient (Wildman–Crippen LogP) is 3.14. The third-order valence-corrected chi connectivity index (χ3v) is 3.18. The van der Waals surface area contributed by atoms with E-state index in [1.165, 1.54) is 0 Å². The molecule has 1 aromatic carbocycles. The van der Waals surface area contributed by atoms with Crippen molar-refractivity contribution >= 4 is 5.97 Å². The summed E-state index contributed by atoms with van der Waals surface area (Å²) in [5.41, 5.74) is 1.16. The van der Waals surface area contributed by atoms with E-state index in [-0.39, 0.29) is 0 Å². The molecule has 0 saturated heterocycles. The van der Waals surface area contributed by atoms with Crippen LogP contribution in [0, 0.1) is 0 Å². The fourth-order valence-electron chi connectivity index (χ4n) is 2.15. The Hall–Kier alpha value is -1.57. The fraction of sp³-hybridized carbons (Fsp3) is 0.357. The van der Waals surface area contributed by atoms with Crippen LogP contribution in [-0.4, -0.2) is 11.1 Å². The number of aliphatic carboxylic acids is 1. The number of hydrogen-bond donors (Lipinski definition) is 1. The van der Waals surface area contributed by atoms with E-state index in [1.54, 1.807) is 0 Å². The molecular weight excluding hydrogens is 200 g/mol. The van der Waals surface area contributed by atoms with Crippen molar-refractivity contribution in [3.8, 4) is 0 Å². The summed E-state index contributed by atoms with van der Waals surface area (Å²) in [6, 6.07) is 9.48. The number of unbranched alkanes of at least 4 members (excludes halogenated alkanes) is 1. The van der Waals surface area contributed by atoms with Crippen molar-refractivity contribution in [3.63, 3.8) is 0 Å². The molecule has 2 heteroatoms. The maximum atomic E-state index is 11.4. The molecule has 0 aliphatic heterocycles. The molecule has 0 saturated carbocycles. The molecule has 0 bridgehead atoms. The minimum absolute atomic E-state index is 0.746. The Kier molecular flexibility index (Phi) is 2.82. The SMILES string of the molecule is CCCCC1=CC1(C(=O)O)c1ccccc1. The Morgan fingerprint density at radius 2 is 2.00 bits per heavy atom. The van der Waals surface area contributed by atoms with Gasteiger partial charge in [-0.25, -0.2) is 0 Å². The summed E-state index contributed by atoms with van der Waals surface area (Å²) >= 11 is 0. The van der Waals surface area contributed by atoms with Gasteiger partial charge >= 0.3 is 5.97 Å². The topological polar surface area (TPSA) is 37.3 Å². The summed E-state index contributed by atoms with van der Waals surface area (Å²) in [5.74, 6) is -0.746. The monoisotopic (exact) mass is 216 g/mol. The lowest BCUT2D eigenvalue weighted by atomic mass is 9.89. The van der Waals surface area contributed by atoms with Gasteiger partial charge in [0.25, 0.3) is 0 Å². The molecular formula is C14H16O2. The molecule has 1 N–H and O–H groups in total. The van der Waals surface area contributed by atoms with Crippen molar-refractivity contribution in [1.82, 2.24) is 0 Å². The second-order valence-corrected chi connectivity index (χ2v) is 4.25. The third-order valence-electron chi connectivity index (χ3n) is 3.18. The van der Waals surface area contributed by atoms with Crippen LogP contribution in [0.15, 0.2) is 42.0 Å². The molecule has 84 valence electrons. The van der Waals surface area contributed by atoms with Crippen LogP contribution in [0.4, 0.5) is 0 Å². The zero-order valence-corrected chi connectivity index (χ0v) is 9.44. The lowest BCUT2D eigenvalue weighted by Crippen LogP contribution is -2.23. The van der Waals surface area contributed by atoms with Gasteiger partial charge in [0.1, 0.15) is 5.41 Å². The molecule has 1 atom stereocenters. The first-order chi connectivity index (χ1) is 7.71. The normalized spacial score (nSPS) is 22.7. The van der Waals surface area contributed by atoms with Gasteiger partial charge in [-0.2, -0.15) is 0 Å². The number of benzene rings is 1. The average Bonchev–Trinajstić information content (AvgIpc) is 3.03. The Bertz CT molecular complexity index is 420. The first-order valence-corrected chi connectivity index (χ1v) is 5.73. The first kappa shape index (κ1) is 10.9. The molecule has 0 heterocycles. The zero-order chi connectivity index (χ0) is 11.6. The summed E-state index contributed by atoms with van der Waals surface area (Å²) in [7, 11) is 0. The van der Waals surface area contributed by atoms with Crippen LogP contribution < -0.4 is 0 Å². The maximum Gasteiger partial charge on any atom is 0.322 e. The van der Waals surface area contributed by atoms with Crippen LogP contribution in [0.2, 0.25) is 0 Å². The van der Waals surface area contributed by atoms with Crippen LogP contribution >= 0.6 is 0 Å². The maximum absolute atomic E-state index is 11.4. The Morgan fingerprint density at radius 1 is 1.31 bits per heavy atom. The summed E-state index contributed by atoms with van der Waals surface area (Å²) in [5, 5.41) is 9.37. The highest BCUT2D eigenvalue weighted by Gasteiger charge is 2.51. The van der Waals surface area contributed by atoms with Gasteiger partial charge in [-0.15, -0.1) is 0 Å². The van der Waals surface area contributed by atoms with Gasteiger partial charge in [-0.1, -0.05) is 49.8 Å². The Labute approximate surface area is 95.6 Å². The number of hydrogen-bond acceptors (Lipinski definition) is 1. The summed E-state index contributed by atoms with van der Waals surface area (Å²) in [6.45, 7) is 2.12. The molecule has 1 aliphatic carbocycles. The smallest absolute Gasteiger partial charge is 0.322 e. The zero-order valence-electron chi connectivity index (χ0n) is 9.44. The standard InChI is InChI=1S/C14H16O2/c1-2-3-7-12-10-14(12,13(15)16)11-8-5-4-6-9-11/h4-6,8-10H,2-3,7H2,1H3,(H,15,16). The second kappa shape index (κ2) is 4.12. The van der Waals surface area contributed by atoms with Crippen molar-refractivity contribution in [3.05, 3.63) is 47.5 Å². The number of carbonyl (C=O) groups is 1. The van der Waals surface area contributed by atoms with Crippen LogP contribution in [-0.2, 0) is 10.2 Å². The Morgan fingerprint density at radius 3 is 2.56 bits per heavy atom. The molecule has 0 amide bonds. The van der Waals surface area contributed by atoms with E-state index < -0.39 is 11.4 Å². The van der Waals surface area contributed by atoms with Crippen molar-refractivity contribution in [2.75, 3.05) is 0 Å². The van der Waals surface area contributed by atoms with Crippen molar-refractivity contribution in [1.29, 1.82) is 0 Å². The molecule has 0 spiro atoms.